The molecule has 2 unspecified atom stereocenters. The molecule has 2 atom stereocenters. The monoisotopic (exact) mass is 370 g/mol. The van der Waals surface area contributed by atoms with Gasteiger partial charge in [-0.1, -0.05) is 0 Å². The fraction of sp³-hybridized carbons (Fsp3) is 0.455. The van der Waals surface area contributed by atoms with Gasteiger partial charge in [-0.25, -0.2) is 0 Å². The summed E-state index contributed by atoms with van der Waals surface area (Å²) in [6.45, 7) is 6.88. The highest BCUT2D eigenvalue weighted by molar-refractivity contribution is 5.47. The molecule has 0 spiro atoms. The van der Waals surface area contributed by atoms with Crippen LogP contribution >= 0.6 is 0 Å². The zero-order valence-corrected chi connectivity index (χ0v) is 15.9. The van der Waals surface area contributed by atoms with Gasteiger partial charge in [-0.15, -0.1) is 0 Å². The highest BCUT2D eigenvalue weighted by Gasteiger charge is 2.27. The van der Waals surface area contributed by atoms with E-state index in [0.717, 1.165) is 60.2 Å². The van der Waals surface area contributed by atoms with Crippen LogP contribution in [0.5, 0.6) is 23.0 Å². The van der Waals surface area contributed by atoms with E-state index in [2.05, 4.69) is 12.1 Å². The van der Waals surface area contributed by atoms with Crippen LogP contribution in [0.1, 0.15) is 25.0 Å². The minimum Gasteiger partial charge on any atom is -0.494 e. The third kappa shape index (κ3) is 4.93. The van der Waals surface area contributed by atoms with Crippen molar-refractivity contribution in [1.82, 2.24) is 0 Å². The predicted octanol–water partition coefficient (Wildman–Crippen LogP) is 4.16. The summed E-state index contributed by atoms with van der Waals surface area (Å²) in [5.74, 6) is 3.41. The Morgan fingerprint density at radius 1 is 0.778 bits per heavy atom. The number of hydrogen-bond donors (Lipinski definition) is 0. The van der Waals surface area contributed by atoms with E-state index in [1.807, 2.05) is 38.1 Å². The molecule has 2 heterocycles. The topological polar surface area (TPSA) is 52.8 Å². The molecule has 2 aromatic rings. The molecule has 0 aromatic heterocycles. The second kappa shape index (κ2) is 8.19. The van der Waals surface area contributed by atoms with Gasteiger partial charge in [-0.3, -0.25) is 0 Å². The summed E-state index contributed by atoms with van der Waals surface area (Å²) in [4.78, 5) is 0. The molecule has 0 radical (unpaired) electrons. The second-order valence-electron chi connectivity index (χ2n) is 6.83. The van der Waals surface area contributed by atoms with Crippen LogP contribution < -0.4 is 14.2 Å². The van der Waals surface area contributed by atoms with E-state index < -0.39 is 0 Å². The van der Waals surface area contributed by atoms with Crippen LogP contribution in [0.3, 0.4) is 0 Å². The van der Waals surface area contributed by atoms with Crippen LogP contribution in [0.4, 0.5) is 0 Å². The van der Waals surface area contributed by atoms with Gasteiger partial charge in [0.25, 0.3) is 0 Å². The number of benzene rings is 2. The van der Waals surface area contributed by atoms with E-state index in [4.69, 9.17) is 23.7 Å². The molecule has 4 rings (SSSR count). The largest absolute Gasteiger partial charge is 0.494 e. The molecule has 0 saturated carbocycles. The first-order valence-electron chi connectivity index (χ1n) is 9.67. The maximum absolute atomic E-state index is 6.34. The molecule has 0 amide bonds. The molecule has 5 heteroatoms. The first kappa shape index (κ1) is 18.1. The summed E-state index contributed by atoms with van der Waals surface area (Å²) in [6.07, 6.45) is 2.22. The molecule has 2 aromatic carbocycles. The van der Waals surface area contributed by atoms with E-state index in [1.54, 1.807) is 0 Å². The first-order valence-corrected chi connectivity index (χ1v) is 9.67. The molecular weight excluding hydrogens is 344 g/mol. The second-order valence-corrected chi connectivity index (χ2v) is 6.83. The lowest BCUT2D eigenvalue weighted by Gasteiger charge is -2.16. The fourth-order valence-corrected chi connectivity index (χ4v) is 3.12. The Morgan fingerprint density at radius 3 is 1.59 bits per heavy atom. The maximum Gasteiger partial charge on any atom is 0.131 e. The Labute approximate surface area is 160 Å². The van der Waals surface area contributed by atoms with Gasteiger partial charge in [-0.2, -0.15) is 0 Å². The van der Waals surface area contributed by atoms with Gasteiger partial charge in [-0.05, 0) is 50.2 Å². The van der Waals surface area contributed by atoms with Crippen molar-refractivity contribution in [2.45, 2.75) is 38.9 Å². The summed E-state index contributed by atoms with van der Waals surface area (Å²) in [5.41, 5.74) is 2.21. The summed E-state index contributed by atoms with van der Waals surface area (Å²) < 4.78 is 28.5. The minimum atomic E-state index is 0.281. The number of epoxide rings is 2. The van der Waals surface area contributed by atoms with E-state index >= 15 is 0 Å². The molecule has 5 nitrogen and oxygen atoms in total. The number of hydrogen-bond acceptors (Lipinski definition) is 5. The van der Waals surface area contributed by atoms with Gasteiger partial charge in [0.15, 0.2) is 0 Å². The molecule has 2 saturated heterocycles. The number of ether oxygens (including phenoxy) is 5. The van der Waals surface area contributed by atoms with Crippen molar-refractivity contribution in [1.29, 1.82) is 0 Å². The fourth-order valence-electron chi connectivity index (χ4n) is 3.12. The Morgan fingerprint density at radius 2 is 1.22 bits per heavy atom. The standard InChI is InChI=1S/C22H26O5/c1-3-23-17-5-7-21(15(9-17)11-19-13-25-19)27-22-8-6-18(24-4-2)10-16(22)12-20-14-26-20/h5-10,19-20H,3-4,11-14H2,1-2H3. The molecule has 2 fully saturated rings. The molecule has 0 aliphatic carbocycles. The molecule has 27 heavy (non-hydrogen) atoms. The third-order valence-electron chi connectivity index (χ3n) is 4.61. The quantitative estimate of drug-likeness (QED) is 0.588. The zero-order valence-electron chi connectivity index (χ0n) is 15.9. The van der Waals surface area contributed by atoms with Crippen molar-refractivity contribution in [3.05, 3.63) is 47.5 Å². The molecule has 2 aliphatic heterocycles. The number of rotatable bonds is 10. The highest BCUT2D eigenvalue weighted by Crippen LogP contribution is 2.36. The SMILES string of the molecule is CCOc1ccc(Oc2ccc(OCC)cc2CC2CO2)c(CC2CO2)c1. The van der Waals surface area contributed by atoms with Crippen molar-refractivity contribution in [3.8, 4) is 23.0 Å². The average Bonchev–Trinajstić information content (AvgIpc) is 3.56. The molecule has 2 aliphatic rings. The Balaban J connectivity index is 1.59. The van der Waals surface area contributed by atoms with Gasteiger partial charge in [0.05, 0.1) is 38.6 Å². The maximum atomic E-state index is 6.34. The van der Waals surface area contributed by atoms with Gasteiger partial charge in [0, 0.05) is 24.0 Å². The van der Waals surface area contributed by atoms with Crippen molar-refractivity contribution in [2.24, 2.45) is 0 Å². The van der Waals surface area contributed by atoms with Crippen LogP contribution in [-0.2, 0) is 22.3 Å². The normalized spacial score (nSPS) is 20.2. The van der Waals surface area contributed by atoms with Gasteiger partial charge >= 0.3 is 0 Å². The summed E-state index contributed by atoms with van der Waals surface area (Å²) in [5, 5.41) is 0. The van der Waals surface area contributed by atoms with E-state index in [-0.39, 0.29) is 12.2 Å². The summed E-state index contributed by atoms with van der Waals surface area (Å²) in [6, 6.07) is 12.0. The van der Waals surface area contributed by atoms with Crippen LogP contribution in [0.2, 0.25) is 0 Å². The van der Waals surface area contributed by atoms with E-state index in [1.165, 1.54) is 0 Å². The first-order chi connectivity index (χ1) is 13.2. The van der Waals surface area contributed by atoms with Crippen molar-refractivity contribution >= 4 is 0 Å². The lowest BCUT2D eigenvalue weighted by atomic mass is 10.1. The smallest absolute Gasteiger partial charge is 0.131 e. The Kier molecular flexibility index (Phi) is 5.50. The van der Waals surface area contributed by atoms with Crippen molar-refractivity contribution in [3.63, 3.8) is 0 Å². The van der Waals surface area contributed by atoms with Gasteiger partial charge < -0.3 is 23.7 Å². The molecule has 0 N–H and O–H groups in total. The molecule has 144 valence electrons. The minimum absolute atomic E-state index is 0.281. The van der Waals surface area contributed by atoms with E-state index in [0.29, 0.717) is 13.2 Å². The predicted molar refractivity (Wildman–Crippen MR) is 102 cm³/mol. The highest BCUT2D eigenvalue weighted by atomic mass is 16.6. The van der Waals surface area contributed by atoms with Crippen LogP contribution in [0.15, 0.2) is 36.4 Å². The van der Waals surface area contributed by atoms with E-state index in [9.17, 15) is 0 Å². The zero-order chi connectivity index (χ0) is 18.6. The van der Waals surface area contributed by atoms with Gasteiger partial charge in [0.2, 0.25) is 0 Å². The lowest BCUT2D eigenvalue weighted by molar-refractivity contribution is 0.337. The van der Waals surface area contributed by atoms with Crippen LogP contribution in [0.25, 0.3) is 0 Å². The Hall–Kier alpha value is -2.24. The third-order valence-corrected chi connectivity index (χ3v) is 4.61. The Bertz CT molecular complexity index is 715. The molecular formula is C22H26O5. The lowest BCUT2D eigenvalue weighted by Crippen LogP contribution is -2.02. The van der Waals surface area contributed by atoms with Crippen LogP contribution in [0, 0.1) is 0 Å². The summed E-state index contributed by atoms with van der Waals surface area (Å²) >= 11 is 0. The van der Waals surface area contributed by atoms with Crippen molar-refractivity contribution in [2.75, 3.05) is 26.4 Å². The van der Waals surface area contributed by atoms with Crippen molar-refractivity contribution < 1.29 is 23.7 Å². The molecule has 0 bridgehead atoms. The van der Waals surface area contributed by atoms with Gasteiger partial charge in [0.1, 0.15) is 23.0 Å². The van der Waals surface area contributed by atoms with Crippen LogP contribution in [-0.4, -0.2) is 38.6 Å². The summed E-state index contributed by atoms with van der Waals surface area (Å²) in [7, 11) is 0. The average molecular weight is 370 g/mol.